The minimum Gasteiger partial charge on any atom is -0.348 e. The van der Waals surface area contributed by atoms with Gasteiger partial charge in [-0.2, -0.15) is 0 Å². The molecule has 2 N–H and O–H groups in total. The third-order valence-corrected chi connectivity index (χ3v) is 3.09. The zero-order valence-corrected chi connectivity index (χ0v) is 9.70. The zero-order chi connectivity index (χ0) is 11.4. The Morgan fingerprint density at radius 1 is 1.50 bits per heavy atom. The van der Waals surface area contributed by atoms with E-state index in [0.717, 1.165) is 38.0 Å². The smallest absolute Gasteiger partial charge is 0.268 e. The van der Waals surface area contributed by atoms with E-state index in [0.29, 0.717) is 6.04 Å². The fraction of sp³-hybridized carbons (Fsp3) is 0.583. The van der Waals surface area contributed by atoms with Crippen LogP contribution < -0.4 is 10.6 Å². The Hall–Kier alpha value is -1.29. The summed E-state index contributed by atoms with van der Waals surface area (Å²) in [6.07, 6.45) is 5.13. The maximum Gasteiger partial charge on any atom is 0.268 e. The lowest BCUT2D eigenvalue weighted by Gasteiger charge is -2.16. The molecule has 4 nitrogen and oxygen atoms in total. The van der Waals surface area contributed by atoms with Crippen molar-refractivity contribution in [3.05, 3.63) is 24.0 Å². The summed E-state index contributed by atoms with van der Waals surface area (Å²) in [5.41, 5.74) is 0.734. The molecule has 0 bridgehead atoms. The normalized spacial score (nSPS) is 21.4. The molecule has 0 saturated carbocycles. The lowest BCUT2D eigenvalue weighted by molar-refractivity contribution is 0.0926. The number of amides is 1. The Labute approximate surface area is 96.0 Å². The van der Waals surface area contributed by atoms with Crippen molar-refractivity contribution in [1.29, 1.82) is 0 Å². The molecule has 1 saturated heterocycles. The highest BCUT2D eigenvalue weighted by Gasteiger charge is 2.16. The van der Waals surface area contributed by atoms with Gasteiger partial charge in [0, 0.05) is 19.3 Å². The second-order valence-electron chi connectivity index (χ2n) is 4.36. The van der Waals surface area contributed by atoms with E-state index in [9.17, 15) is 4.79 Å². The topological polar surface area (TPSA) is 46.1 Å². The number of aryl methyl sites for hydroxylation is 1. The molecule has 1 aliphatic rings. The predicted octanol–water partition coefficient (Wildman–Crippen LogP) is 0.897. The maximum atomic E-state index is 12.0. The quantitative estimate of drug-likeness (QED) is 0.779. The van der Waals surface area contributed by atoms with Gasteiger partial charge in [0.1, 0.15) is 5.69 Å². The number of hydrogen-bond donors (Lipinski definition) is 2. The van der Waals surface area contributed by atoms with E-state index in [4.69, 9.17) is 0 Å². The summed E-state index contributed by atoms with van der Waals surface area (Å²) in [5.74, 6) is 0.0411. The summed E-state index contributed by atoms with van der Waals surface area (Å²) in [4.78, 5) is 12.0. The third kappa shape index (κ3) is 2.64. The Morgan fingerprint density at radius 2 is 2.38 bits per heavy atom. The van der Waals surface area contributed by atoms with Crippen LogP contribution in [-0.4, -0.2) is 29.6 Å². The van der Waals surface area contributed by atoms with Crippen molar-refractivity contribution >= 4 is 5.91 Å². The molecule has 0 aromatic carbocycles. The molecular formula is C12H19N3O. The van der Waals surface area contributed by atoms with E-state index in [2.05, 4.69) is 10.6 Å². The summed E-state index contributed by atoms with van der Waals surface area (Å²) < 4.78 is 1.85. The molecule has 2 rings (SSSR count). The van der Waals surface area contributed by atoms with E-state index in [1.54, 1.807) is 0 Å². The summed E-state index contributed by atoms with van der Waals surface area (Å²) in [5, 5.41) is 6.44. The number of nitrogens with one attached hydrogen (secondary N) is 2. The summed E-state index contributed by atoms with van der Waals surface area (Å²) >= 11 is 0. The Bertz CT molecular complexity index is 351. The molecule has 4 heteroatoms. The van der Waals surface area contributed by atoms with E-state index in [1.807, 2.05) is 29.9 Å². The van der Waals surface area contributed by atoms with Gasteiger partial charge < -0.3 is 15.2 Å². The SMILES string of the molecule is Cn1cccc1C(=O)NC1CCCNCC1. The van der Waals surface area contributed by atoms with Gasteiger partial charge >= 0.3 is 0 Å². The Morgan fingerprint density at radius 3 is 3.12 bits per heavy atom. The molecule has 88 valence electrons. The molecule has 16 heavy (non-hydrogen) atoms. The highest BCUT2D eigenvalue weighted by molar-refractivity contribution is 5.92. The van der Waals surface area contributed by atoms with E-state index < -0.39 is 0 Å². The van der Waals surface area contributed by atoms with Crippen LogP contribution in [0.2, 0.25) is 0 Å². The summed E-state index contributed by atoms with van der Waals surface area (Å²) in [6, 6.07) is 4.06. The molecular weight excluding hydrogens is 202 g/mol. The van der Waals surface area contributed by atoms with Crippen LogP contribution in [0.3, 0.4) is 0 Å². The van der Waals surface area contributed by atoms with E-state index in [-0.39, 0.29) is 5.91 Å². The predicted molar refractivity (Wildman–Crippen MR) is 63.4 cm³/mol. The van der Waals surface area contributed by atoms with Crippen LogP contribution in [0.1, 0.15) is 29.8 Å². The second-order valence-corrected chi connectivity index (χ2v) is 4.36. The standard InChI is InChI=1S/C12H19N3O/c1-15-9-3-5-11(15)12(16)14-10-4-2-7-13-8-6-10/h3,5,9-10,13H,2,4,6-8H2,1H3,(H,14,16). The number of nitrogens with zero attached hydrogens (tertiary/aromatic N) is 1. The van der Waals surface area contributed by atoms with Crippen LogP contribution >= 0.6 is 0 Å². The highest BCUT2D eigenvalue weighted by Crippen LogP contribution is 2.07. The number of aromatic nitrogens is 1. The first-order chi connectivity index (χ1) is 7.77. The van der Waals surface area contributed by atoms with Gasteiger partial charge in [0.25, 0.3) is 5.91 Å². The number of carbonyl (C=O) groups is 1. The van der Waals surface area contributed by atoms with Crippen molar-refractivity contribution in [2.45, 2.75) is 25.3 Å². The van der Waals surface area contributed by atoms with Gasteiger partial charge in [-0.15, -0.1) is 0 Å². The zero-order valence-electron chi connectivity index (χ0n) is 9.70. The molecule has 1 amide bonds. The average Bonchev–Trinajstić information content (AvgIpc) is 2.53. The number of hydrogen-bond acceptors (Lipinski definition) is 2. The first-order valence-corrected chi connectivity index (χ1v) is 5.90. The molecule has 0 radical (unpaired) electrons. The van der Waals surface area contributed by atoms with E-state index in [1.165, 1.54) is 0 Å². The number of rotatable bonds is 2. The van der Waals surface area contributed by atoms with Crippen LogP contribution in [0.5, 0.6) is 0 Å². The van der Waals surface area contributed by atoms with Gasteiger partial charge in [-0.3, -0.25) is 4.79 Å². The molecule has 1 aliphatic heterocycles. The summed E-state index contributed by atoms with van der Waals surface area (Å²) in [6.45, 7) is 2.06. The monoisotopic (exact) mass is 221 g/mol. The molecule has 0 aliphatic carbocycles. The van der Waals surface area contributed by atoms with Crippen LogP contribution in [0.4, 0.5) is 0 Å². The highest BCUT2D eigenvalue weighted by atomic mass is 16.2. The van der Waals surface area contributed by atoms with Gasteiger partial charge in [0.05, 0.1) is 0 Å². The minimum atomic E-state index is 0.0411. The largest absolute Gasteiger partial charge is 0.348 e. The number of carbonyl (C=O) groups excluding carboxylic acids is 1. The van der Waals surface area contributed by atoms with Crippen molar-refractivity contribution in [2.24, 2.45) is 7.05 Å². The van der Waals surface area contributed by atoms with Crippen LogP contribution in [0.25, 0.3) is 0 Å². The van der Waals surface area contributed by atoms with Crippen molar-refractivity contribution in [2.75, 3.05) is 13.1 Å². The lowest BCUT2D eigenvalue weighted by Crippen LogP contribution is -2.36. The first-order valence-electron chi connectivity index (χ1n) is 5.90. The van der Waals surface area contributed by atoms with Gasteiger partial charge in [0.2, 0.25) is 0 Å². The Kier molecular flexibility index (Phi) is 3.62. The average molecular weight is 221 g/mol. The van der Waals surface area contributed by atoms with Gasteiger partial charge in [0.15, 0.2) is 0 Å². The molecule has 0 spiro atoms. The van der Waals surface area contributed by atoms with Gasteiger partial charge in [-0.05, 0) is 44.5 Å². The first kappa shape index (κ1) is 11.2. The lowest BCUT2D eigenvalue weighted by atomic mass is 10.1. The van der Waals surface area contributed by atoms with Crippen molar-refractivity contribution in [1.82, 2.24) is 15.2 Å². The fourth-order valence-corrected chi connectivity index (χ4v) is 2.12. The van der Waals surface area contributed by atoms with Crippen molar-refractivity contribution in [3.8, 4) is 0 Å². The molecule has 2 heterocycles. The second kappa shape index (κ2) is 5.16. The molecule has 1 aromatic rings. The van der Waals surface area contributed by atoms with Crippen molar-refractivity contribution < 1.29 is 4.79 Å². The van der Waals surface area contributed by atoms with Crippen molar-refractivity contribution in [3.63, 3.8) is 0 Å². The van der Waals surface area contributed by atoms with Crippen LogP contribution in [0.15, 0.2) is 18.3 Å². The van der Waals surface area contributed by atoms with Crippen LogP contribution in [0, 0.1) is 0 Å². The Balaban J connectivity index is 1.93. The summed E-state index contributed by atoms with van der Waals surface area (Å²) in [7, 11) is 1.89. The molecule has 1 fully saturated rings. The van der Waals surface area contributed by atoms with Gasteiger partial charge in [-0.25, -0.2) is 0 Å². The van der Waals surface area contributed by atoms with Gasteiger partial charge in [-0.1, -0.05) is 0 Å². The molecule has 1 atom stereocenters. The van der Waals surface area contributed by atoms with Crippen LogP contribution in [-0.2, 0) is 7.05 Å². The third-order valence-electron chi connectivity index (χ3n) is 3.09. The molecule has 1 aromatic heterocycles. The minimum absolute atomic E-state index is 0.0411. The maximum absolute atomic E-state index is 12.0. The van der Waals surface area contributed by atoms with E-state index >= 15 is 0 Å². The fourth-order valence-electron chi connectivity index (χ4n) is 2.12. The molecule has 1 unspecified atom stereocenters.